The van der Waals surface area contributed by atoms with Gasteiger partial charge in [0.25, 0.3) is 5.91 Å². The first-order chi connectivity index (χ1) is 11.3. The molecule has 0 aliphatic heterocycles. The summed E-state index contributed by atoms with van der Waals surface area (Å²) in [6.45, 7) is 0.541. The molecule has 0 unspecified atom stereocenters. The lowest BCUT2D eigenvalue weighted by Gasteiger charge is -2.06. The van der Waals surface area contributed by atoms with Crippen molar-refractivity contribution in [2.75, 3.05) is 13.7 Å². The average Bonchev–Trinajstić information content (AvgIpc) is 2.61. The summed E-state index contributed by atoms with van der Waals surface area (Å²) in [7, 11) is 1.64. The molecule has 0 fully saturated rings. The highest BCUT2D eigenvalue weighted by atomic mass is 16.5. The Balaban J connectivity index is 1.59. The van der Waals surface area contributed by atoms with E-state index in [0.29, 0.717) is 12.2 Å². The molecule has 0 saturated carbocycles. The van der Waals surface area contributed by atoms with Crippen LogP contribution in [0.15, 0.2) is 54.6 Å². The van der Waals surface area contributed by atoms with Crippen LogP contribution in [-0.2, 0) is 6.42 Å². The molecule has 0 spiro atoms. The molecular formula is C18H17N3O2. The normalized spacial score (nSPS) is 10.5. The van der Waals surface area contributed by atoms with Crippen molar-refractivity contribution in [3.8, 4) is 5.75 Å². The highest BCUT2D eigenvalue weighted by molar-refractivity contribution is 5.95. The highest BCUT2D eigenvalue weighted by Gasteiger charge is 2.08. The van der Waals surface area contributed by atoms with E-state index in [1.165, 1.54) is 0 Å². The number of hydrogen-bond acceptors (Lipinski definition) is 4. The lowest BCUT2D eigenvalue weighted by molar-refractivity contribution is 0.0948. The second-order valence-electron chi connectivity index (χ2n) is 5.14. The molecule has 116 valence electrons. The standard InChI is InChI=1S/C18H17N3O2/c1-23-15-8-6-13(7-9-15)10-11-19-18(22)17-12-14-4-2-3-5-16(14)20-21-17/h2-9,12H,10-11H2,1H3,(H,19,22). The zero-order valence-electron chi connectivity index (χ0n) is 12.8. The van der Waals surface area contributed by atoms with Gasteiger partial charge in [-0.15, -0.1) is 10.2 Å². The molecule has 1 N–H and O–H groups in total. The van der Waals surface area contributed by atoms with Crippen LogP contribution >= 0.6 is 0 Å². The molecule has 5 heteroatoms. The van der Waals surface area contributed by atoms with Crippen LogP contribution in [0.2, 0.25) is 0 Å². The predicted molar refractivity (Wildman–Crippen MR) is 88.6 cm³/mol. The van der Waals surface area contributed by atoms with Gasteiger partial charge in [0.1, 0.15) is 5.75 Å². The summed E-state index contributed by atoms with van der Waals surface area (Å²) in [5.41, 5.74) is 2.25. The summed E-state index contributed by atoms with van der Waals surface area (Å²) in [6, 6.07) is 17.1. The van der Waals surface area contributed by atoms with E-state index in [-0.39, 0.29) is 5.91 Å². The fraction of sp³-hybridized carbons (Fsp3) is 0.167. The number of benzene rings is 2. The van der Waals surface area contributed by atoms with Crippen molar-refractivity contribution in [2.45, 2.75) is 6.42 Å². The predicted octanol–water partition coefficient (Wildman–Crippen LogP) is 2.61. The van der Waals surface area contributed by atoms with Crippen LogP contribution < -0.4 is 10.1 Å². The second-order valence-corrected chi connectivity index (χ2v) is 5.14. The number of nitrogens with one attached hydrogen (secondary N) is 1. The van der Waals surface area contributed by atoms with E-state index in [0.717, 1.165) is 28.6 Å². The third kappa shape index (κ3) is 3.63. The topological polar surface area (TPSA) is 64.1 Å². The zero-order chi connectivity index (χ0) is 16.1. The number of ether oxygens (including phenoxy) is 1. The molecule has 0 radical (unpaired) electrons. The van der Waals surface area contributed by atoms with E-state index in [1.54, 1.807) is 13.2 Å². The molecule has 1 heterocycles. The number of rotatable bonds is 5. The third-order valence-electron chi connectivity index (χ3n) is 3.59. The van der Waals surface area contributed by atoms with Gasteiger partial charge in [-0.25, -0.2) is 0 Å². The molecule has 3 rings (SSSR count). The van der Waals surface area contributed by atoms with Crippen molar-refractivity contribution in [2.24, 2.45) is 0 Å². The van der Waals surface area contributed by atoms with Crippen molar-refractivity contribution in [3.05, 3.63) is 65.9 Å². The summed E-state index contributed by atoms with van der Waals surface area (Å²) >= 11 is 0. The van der Waals surface area contributed by atoms with Gasteiger partial charge in [-0.2, -0.15) is 0 Å². The Labute approximate surface area is 134 Å². The Morgan fingerprint density at radius 3 is 2.65 bits per heavy atom. The Bertz CT molecular complexity index is 816. The average molecular weight is 307 g/mol. The Morgan fingerprint density at radius 2 is 1.87 bits per heavy atom. The number of aromatic nitrogens is 2. The van der Waals surface area contributed by atoms with E-state index in [2.05, 4.69) is 15.5 Å². The lowest BCUT2D eigenvalue weighted by atomic mass is 10.1. The van der Waals surface area contributed by atoms with E-state index in [9.17, 15) is 4.79 Å². The van der Waals surface area contributed by atoms with Crippen molar-refractivity contribution in [1.29, 1.82) is 0 Å². The van der Waals surface area contributed by atoms with E-state index in [1.807, 2.05) is 48.5 Å². The van der Waals surface area contributed by atoms with Gasteiger partial charge in [0.2, 0.25) is 0 Å². The van der Waals surface area contributed by atoms with Crippen LogP contribution in [0.5, 0.6) is 5.75 Å². The first kappa shape index (κ1) is 15.0. The zero-order valence-corrected chi connectivity index (χ0v) is 12.8. The number of nitrogens with zero attached hydrogens (tertiary/aromatic N) is 2. The van der Waals surface area contributed by atoms with E-state index in [4.69, 9.17) is 4.74 Å². The Kier molecular flexibility index (Phi) is 4.47. The monoisotopic (exact) mass is 307 g/mol. The number of amides is 1. The highest BCUT2D eigenvalue weighted by Crippen LogP contribution is 2.12. The lowest BCUT2D eigenvalue weighted by Crippen LogP contribution is -2.26. The third-order valence-corrected chi connectivity index (χ3v) is 3.59. The molecule has 0 aliphatic carbocycles. The Hall–Kier alpha value is -2.95. The fourth-order valence-corrected chi connectivity index (χ4v) is 2.30. The summed E-state index contributed by atoms with van der Waals surface area (Å²) in [5, 5.41) is 11.8. The summed E-state index contributed by atoms with van der Waals surface area (Å²) in [5.74, 6) is 0.612. The minimum Gasteiger partial charge on any atom is -0.497 e. The van der Waals surface area contributed by atoms with Crippen LogP contribution in [0.25, 0.3) is 10.9 Å². The molecule has 0 bridgehead atoms. The second kappa shape index (κ2) is 6.87. The number of carbonyl (C=O) groups is 1. The Morgan fingerprint density at radius 1 is 1.09 bits per heavy atom. The van der Waals surface area contributed by atoms with Crippen molar-refractivity contribution < 1.29 is 9.53 Å². The van der Waals surface area contributed by atoms with Gasteiger partial charge in [-0.1, -0.05) is 30.3 Å². The number of fused-ring (bicyclic) bond motifs is 1. The number of carbonyl (C=O) groups excluding carboxylic acids is 1. The van der Waals surface area contributed by atoms with Crippen LogP contribution in [-0.4, -0.2) is 29.8 Å². The molecule has 5 nitrogen and oxygen atoms in total. The first-order valence-electron chi connectivity index (χ1n) is 7.40. The van der Waals surface area contributed by atoms with Gasteiger partial charge in [-0.3, -0.25) is 4.79 Å². The van der Waals surface area contributed by atoms with Crippen molar-refractivity contribution in [1.82, 2.24) is 15.5 Å². The van der Waals surface area contributed by atoms with Crippen LogP contribution in [0.4, 0.5) is 0 Å². The first-order valence-corrected chi connectivity index (χ1v) is 7.40. The molecule has 2 aromatic carbocycles. The molecular weight excluding hydrogens is 290 g/mol. The van der Waals surface area contributed by atoms with Gasteiger partial charge in [0, 0.05) is 11.9 Å². The molecule has 1 aromatic heterocycles. The summed E-state index contributed by atoms with van der Waals surface area (Å²) in [6.07, 6.45) is 0.747. The molecule has 1 amide bonds. The van der Waals surface area contributed by atoms with Gasteiger partial charge in [-0.05, 0) is 36.2 Å². The molecule has 0 saturated heterocycles. The number of methoxy groups -OCH3 is 1. The largest absolute Gasteiger partial charge is 0.497 e. The molecule has 23 heavy (non-hydrogen) atoms. The molecule has 3 aromatic rings. The molecule has 0 aliphatic rings. The van der Waals surface area contributed by atoms with E-state index < -0.39 is 0 Å². The van der Waals surface area contributed by atoms with Gasteiger partial charge in [0.05, 0.1) is 12.6 Å². The fourth-order valence-electron chi connectivity index (χ4n) is 2.30. The van der Waals surface area contributed by atoms with Gasteiger partial charge < -0.3 is 10.1 Å². The quantitative estimate of drug-likeness (QED) is 0.787. The van der Waals surface area contributed by atoms with E-state index >= 15 is 0 Å². The van der Waals surface area contributed by atoms with Crippen LogP contribution in [0.1, 0.15) is 16.1 Å². The van der Waals surface area contributed by atoms with Crippen molar-refractivity contribution >= 4 is 16.8 Å². The summed E-state index contributed by atoms with van der Waals surface area (Å²) < 4.78 is 5.12. The maximum atomic E-state index is 12.1. The van der Waals surface area contributed by atoms with Crippen LogP contribution in [0, 0.1) is 0 Å². The van der Waals surface area contributed by atoms with Gasteiger partial charge in [0.15, 0.2) is 5.69 Å². The summed E-state index contributed by atoms with van der Waals surface area (Å²) in [4.78, 5) is 12.1. The molecule has 0 atom stereocenters. The number of hydrogen-bond donors (Lipinski definition) is 1. The SMILES string of the molecule is COc1ccc(CCNC(=O)c2cc3ccccc3nn2)cc1. The van der Waals surface area contributed by atoms with Crippen molar-refractivity contribution in [3.63, 3.8) is 0 Å². The maximum absolute atomic E-state index is 12.1. The minimum absolute atomic E-state index is 0.211. The maximum Gasteiger partial charge on any atom is 0.271 e. The van der Waals surface area contributed by atoms with Crippen LogP contribution in [0.3, 0.4) is 0 Å². The smallest absolute Gasteiger partial charge is 0.271 e. The van der Waals surface area contributed by atoms with Gasteiger partial charge >= 0.3 is 0 Å². The minimum atomic E-state index is -0.211.